The van der Waals surface area contributed by atoms with E-state index in [0.717, 1.165) is 30.8 Å². The van der Waals surface area contributed by atoms with Crippen molar-refractivity contribution < 1.29 is 4.79 Å². The van der Waals surface area contributed by atoms with E-state index in [2.05, 4.69) is 15.7 Å². The van der Waals surface area contributed by atoms with E-state index in [9.17, 15) is 4.79 Å². The Labute approximate surface area is 126 Å². The first-order chi connectivity index (χ1) is 9.54. The molecule has 0 spiro atoms. The molecule has 0 aromatic carbocycles. The number of carbonyl (C=O) groups is 1. The number of aromatic nitrogens is 2. The van der Waals surface area contributed by atoms with Gasteiger partial charge in [0.15, 0.2) is 0 Å². The minimum Gasteiger partial charge on any atom is -0.355 e. The second kappa shape index (κ2) is 8.27. The number of nitrogens with zero attached hydrogens (tertiary/aromatic N) is 2. The monoisotopic (exact) mass is 300 g/mol. The second-order valence-corrected chi connectivity index (χ2v) is 5.15. The Kier molecular flexibility index (Phi) is 7.02. The average Bonchev–Trinajstić information content (AvgIpc) is 2.77. The van der Waals surface area contributed by atoms with E-state index >= 15 is 0 Å². The molecule has 1 unspecified atom stereocenters. The number of hydrogen-bond donors (Lipinski definition) is 2. The van der Waals surface area contributed by atoms with E-state index in [1.54, 1.807) is 0 Å². The molecule has 5 nitrogen and oxygen atoms in total. The van der Waals surface area contributed by atoms with Crippen molar-refractivity contribution in [2.75, 3.05) is 6.54 Å². The zero-order valence-electron chi connectivity index (χ0n) is 12.8. The highest BCUT2D eigenvalue weighted by Gasteiger charge is 2.17. The molecule has 1 aromatic rings. The first kappa shape index (κ1) is 17.0. The molecule has 0 bridgehead atoms. The van der Waals surface area contributed by atoms with Crippen LogP contribution >= 0.6 is 11.6 Å². The number of carbonyl (C=O) groups excluding carboxylic acids is 1. The maximum absolute atomic E-state index is 11.8. The van der Waals surface area contributed by atoms with Gasteiger partial charge in [-0.3, -0.25) is 9.48 Å². The predicted molar refractivity (Wildman–Crippen MR) is 81.9 cm³/mol. The summed E-state index contributed by atoms with van der Waals surface area (Å²) < 4.78 is 1.89. The Balaban J connectivity index is 2.65. The lowest BCUT2D eigenvalue weighted by atomic mass is 10.2. The van der Waals surface area contributed by atoms with Crippen LogP contribution in [0, 0.1) is 0 Å². The van der Waals surface area contributed by atoms with Crippen LogP contribution in [0.25, 0.3) is 0 Å². The lowest BCUT2D eigenvalue weighted by molar-refractivity contribution is -0.122. The summed E-state index contributed by atoms with van der Waals surface area (Å²) in [4.78, 5) is 11.8. The molecular formula is C14H25ClN4O. The van der Waals surface area contributed by atoms with Gasteiger partial charge in [-0.25, -0.2) is 0 Å². The smallest absolute Gasteiger partial charge is 0.236 e. The third-order valence-corrected chi connectivity index (χ3v) is 3.65. The van der Waals surface area contributed by atoms with Crippen LogP contribution in [-0.4, -0.2) is 28.3 Å². The summed E-state index contributed by atoms with van der Waals surface area (Å²) in [5, 5.41) is 11.2. The molecule has 20 heavy (non-hydrogen) atoms. The number of aryl methyl sites for hydroxylation is 2. The predicted octanol–water partition coefficient (Wildman–Crippen LogP) is 2.12. The van der Waals surface area contributed by atoms with Gasteiger partial charge >= 0.3 is 0 Å². The highest BCUT2D eigenvalue weighted by Crippen LogP contribution is 2.21. The van der Waals surface area contributed by atoms with E-state index < -0.39 is 0 Å². The Morgan fingerprint density at radius 3 is 2.65 bits per heavy atom. The third-order valence-electron chi connectivity index (χ3n) is 3.21. The molecule has 1 rings (SSSR count). The van der Waals surface area contributed by atoms with Gasteiger partial charge in [-0.05, 0) is 26.7 Å². The van der Waals surface area contributed by atoms with Crippen LogP contribution in [0.15, 0.2) is 0 Å². The van der Waals surface area contributed by atoms with Gasteiger partial charge < -0.3 is 10.6 Å². The van der Waals surface area contributed by atoms with Gasteiger partial charge in [0.2, 0.25) is 5.91 Å². The second-order valence-electron chi connectivity index (χ2n) is 4.77. The zero-order chi connectivity index (χ0) is 15.1. The lowest BCUT2D eigenvalue weighted by Crippen LogP contribution is -2.42. The van der Waals surface area contributed by atoms with Crippen LogP contribution in [0.2, 0.25) is 5.02 Å². The molecule has 6 heteroatoms. The minimum atomic E-state index is -0.247. The van der Waals surface area contributed by atoms with E-state index in [1.807, 2.05) is 32.4 Å². The molecule has 1 aromatic heterocycles. The molecule has 0 fully saturated rings. The summed E-state index contributed by atoms with van der Waals surface area (Å²) in [5.41, 5.74) is 1.86. The van der Waals surface area contributed by atoms with Crippen LogP contribution in [0.5, 0.6) is 0 Å². The highest BCUT2D eigenvalue weighted by atomic mass is 35.5. The third kappa shape index (κ3) is 4.21. The van der Waals surface area contributed by atoms with E-state index in [0.29, 0.717) is 18.1 Å². The van der Waals surface area contributed by atoms with Crippen molar-refractivity contribution in [3.63, 3.8) is 0 Å². The molecule has 0 aliphatic carbocycles. The molecule has 114 valence electrons. The maximum Gasteiger partial charge on any atom is 0.236 e. The van der Waals surface area contributed by atoms with Crippen LogP contribution in [-0.2, 0) is 24.3 Å². The molecule has 1 heterocycles. The summed E-state index contributed by atoms with van der Waals surface area (Å²) in [6.07, 6.45) is 1.75. The highest BCUT2D eigenvalue weighted by molar-refractivity contribution is 6.31. The van der Waals surface area contributed by atoms with Crippen molar-refractivity contribution in [1.82, 2.24) is 20.4 Å². The van der Waals surface area contributed by atoms with Crippen molar-refractivity contribution >= 4 is 17.5 Å². The van der Waals surface area contributed by atoms with Crippen LogP contribution < -0.4 is 10.6 Å². The summed E-state index contributed by atoms with van der Waals surface area (Å²) in [6, 6.07) is -0.247. The minimum absolute atomic E-state index is 0.0150. The van der Waals surface area contributed by atoms with Crippen molar-refractivity contribution in [3.8, 4) is 0 Å². The van der Waals surface area contributed by atoms with Gasteiger partial charge in [-0.1, -0.05) is 25.4 Å². The quantitative estimate of drug-likeness (QED) is 0.773. The van der Waals surface area contributed by atoms with Crippen LogP contribution in [0.1, 0.15) is 45.5 Å². The first-order valence-corrected chi connectivity index (χ1v) is 7.67. The number of hydrogen-bond acceptors (Lipinski definition) is 3. The number of nitrogens with one attached hydrogen (secondary N) is 2. The van der Waals surface area contributed by atoms with Gasteiger partial charge in [0, 0.05) is 19.6 Å². The van der Waals surface area contributed by atoms with E-state index in [4.69, 9.17) is 11.6 Å². The fraction of sp³-hybridized carbons (Fsp3) is 0.714. The molecule has 0 saturated heterocycles. The molecular weight excluding hydrogens is 276 g/mol. The Hall–Kier alpha value is -1.07. The fourth-order valence-corrected chi connectivity index (χ4v) is 2.27. The van der Waals surface area contributed by atoms with Crippen molar-refractivity contribution in [2.45, 2.75) is 59.7 Å². The topological polar surface area (TPSA) is 59.0 Å². The molecule has 1 amide bonds. The fourth-order valence-electron chi connectivity index (χ4n) is 1.93. The standard InChI is InChI=1S/C14H25ClN4O/c1-5-8-16-14(20)10(4)17-9-12-13(15)11(6-2)18-19(12)7-3/h10,17H,5-9H2,1-4H3,(H,16,20). The molecule has 0 aliphatic rings. The van der Waals surface area contributed by atoms with Gasteiger partial charge in [-0.15, -0.1) is 0 Å². The van der Waals surface area contributed by atoms with Crippen molar-refractivity contribution in [1.29, 1.82) is 0 Å². The average molecular weight is 301 g/mol. The molecule has 1 atom stereocenters. The summed E-state index contributed by atoms with van der Waals surface area (Å²) in [7, 11) is 0. The number of amides is 1. The van der Waals surface area contributed by atoms with Crippen LogP contribution in [0.4, 0.5) is 0 Å². The zero-order valence-corrected chi connectivity index (χ0v) is 13.5. The summed E-state index contributed by atoms with van der Waals surface area (Å²) in [6.45, 7) is 9.97. The molecule has 0 saturated carbocycles. The first-order valence-electron chi connectivity index (χ1n) is 7.30. The number of rotatable bonds is 8. The van der Waals surface area contributed by atoms with Crippen molar-refractivity contribution in [3.05, 3.63) is 16.4 Å². The van der Waals surface area contributed by atoms with Gasteiger partial charge in [-0.2, -0.15) is 5.10 Å². The van der Waals surface area contributed by atoms with Crippen LogP contribution in [0.3, 0.4) is 0 Å². The molecule has 2 N–H and O–H groups in total. The Morgan fingerprint density at radius 1 is 1.40 bits per heavy atom. The van der Waals surface area contributed by atoms with Gasteiger partial charge in [0.25, 0.3) is 0 Å². The van der Waals surface area contributed by atoms with Crippen molar-refractivity contribution in [2.24, 2.45) is 0 Å². The number of halogens is 1. The molecule has 0 aliphatic heterocycles. The Bertz CT molecular complexity index is 445. The Morgan fingerprint density at radius 2 is 2.10 bits per heavy atom. The van der Waals surface area contributed by atoms with Gasteiger partial charge in [0.1, 0.15) is 0 Å². The summed E-state index contributed by atoms with van der Waals surface area (Å²) in [5.74, 6) is 0.0150. The van der Waals surface area contributed by atoms with E-state index in [-0.39, 0.29) is 11.9 Å². The molecule has 0 radical (unpaired) electrons. The lowest BCUT2D eigenvalue weighted by Gasteiger charge is -2.14. The van der Waals surface area contributed by atoms with E-state index in [1.165, 1.54) is 0 Å². The largest absolute Gasteiger partial charge is 0.355 e. The maximum atomic E-state index is 11.8. The van der Waals surface area contributed by atoms with Gasteiger partial charge in [0.05, 0.1) is 22.5 Å². The SMILES string of the molecule is CCCNC(=O)C(C)NCc1c(Cl)c(CC)nn1CC. The normalized spacial score (nSPS) is 12.4. The summed E-state index contributed by atoms with van der Waals surface area (Å²) >= 11 is 6.33.